The number of hydrogen-bond donors (Lipinski definition) is 0. The maximum atomic E-state index is 12.7. The lowest BCUT2D eigenvalue weighted by Gasteiger charge is -2.32. The number of nitrogens with zero attached hydrogens (tertiary/aromatic N) is 3. The Bertz CT molecular complexity index is 694. The molecule has 3 heterocycles. The first-order chi connectivity index (χ1) is 11.0. The molecule has 1 unspecified atom stereocenters. The summed E-state index contributed by atoms with van der Waals surface area (Å²) in [6.45, 7) is 6.84. The summed E-state index contributed by atoms with van der Waals surface area (Å²) in [6.07, 6.45) is 1.76. The van der Waals surface area contributed by atoms with Gasteiger partial charge in [0.2, 0.25) is 5.88 Å². The van der Waals surface area contributed by atoms with Gasteiger partial charge in [0.05, 0.1) is 17.8 Å². The monoisotopic (exact) mass is 315 g/mol. The van der Waals surface area contributed by atoms with E-state index in [1.165, 1.54) is 0 Å². The van der Waals surface area contributed by atoms with Crippen molar-refractivity contribution < 1.29 is 13.9 Å². The van der Waals surface area contributed by atoms with E-state index in [0.29, 0.717) is 23.7 Å². The van der Waals surface area contributed by atoms with Gasteiger partial charge in [-0.15, -0.1) is 5.10 Å². The van der Waals surface area contributed by atoms with Crippen molar-refractivity contribution in [3.8, 4) is 5.88 Å². The normalized spacial score (nSPS) is 18.0. The first-order valence-electron chi connectivity index (χ1n) is 7.86. The smallest absolute Gasteiger partial charge is 0.257 e. The van der Waals surface area contributed by atoms with Crippen molar-refractivity contribution in [2.24, 2.45) is 0 Å². The van der Waals surface area contributed by atoms with Gasteiger partial charge in [0, 0.05) is 12.6 Å². The molecule has 1 atom stereocenters. The Morgan fingerprint density at radius 3 is 2.78 bits per heavy atom. The largest absolute Gasteiger partial charge is 0.471 e. The number of likely N-dealkylation sites (tertiary alicyclic amines) is 1. The van der Waals surface area contributed by atoms with E-state index in [1.54, 1.807) is 6.07 Å². The Hall–Kier alpha value is -2.37. The van der Waals surface area contributed by atoms with E-state index < -0.39 is 0 Å². The van der Waals surface area contributed by atoms with Gasteiger partial charge in [-0.05, 0) is 45.7 Å². The van der Waals surface area contributed by atoms with Crippen LogP contribution in [0.25, 0.3) is 0 Å². The number of ether oxygens (including phenoxy) is 1. The molecule has 0 aromatic carbocycles. The van der Waals surface area contributed by atoms with Crippen LogP contribution in [-0.2, 0) is 0 Å². The summed E-state index contributed by atoms with van der Waals surface area (Å²) in [5.74, 6) is 1.93. The SMILES string of the molecule is Cc1ccc(OC2CCCN(C(=O)c3cc(C)oc3C)C2)nn1. The van der Waals surface area contributed by atoms with Gasteiger partial charge < -0.3 is 14.1 Å². The number of carbonyl (C=O) groups is 1. The molecule has 1 fully saturated rings. The number of aromatic nitrogens is 2. The summed E-state index contributed by atoms with van der Waals surface area (Å²) < 4.78 is 11.3. The van der Waals surface area contributed by atoms with Crippen molar-refractivity contribution in [2.45, 2.75) is 39.7 Å². The Morgan fingerprint density at radius 2 is 2.13 bits per heavy atom. The zero-order valence-corrected chi connectivity index (χ0v) is 13.7. The number of amides is 1. The number of hydrogen-bond acceptors (Lipinski definition) is 5. The molecule has 0 radical (unpaired) electrons. The number of aryl methyl sites for hydroxylation is 3. The number of rotatable bonds is 3. The van der Waals surface area contributed by atoms with Gasteiger partial charge in [-0.3, -0.25) is 4.79 Å². The first-order valence-corrected chi connectivity index (χ1v) is 7.86. The summed E-state index contributed by atoms with van der Waals surface area (Å²) in [5.41, 5.74) is 1.49. The van der Waals surface area contributed by atoms with Gasteiger partial charge in [0.15, 0.2) is 0 Å². The predicted octanol–water partition coefficient (Wildman–Crippen LogP) is 2.68. The number of furan rings is 1. The van der Waals surface area contributed by atoms with Crippen LogP contribution in [0.1, 0.15) is 40.4 Å². The summed E-state index contributed by atoms with van der Waals surface area (Å²) in [5, 5.41) is 8.02. The fourth-order valence-electron chi connectivity index (χ4n) is 2.85. The quantitative estimate of drug-likeness (QED) is 0.871. The van der Waals surface area contributed by atoms with Gasteiger partial charge in [-0.1, -0.05) is 0 Å². The minimum absolute atomic E-state index is 0.00244. The molecule has 0 bridgehead atoms. The van der Waals surface area contributed by atoms with Gasteiger partial charge in [0.1, 0.15) is 17.6 Å². The van der Waals surface area contributed by atoms with Crippen LogP contribution >= 0.6 is 0 Å². The third-order valence-electron chi connectivity index (χ3n) is 4.00. The topological polar surface area (TPSA) is 68.5 Å². The molecule has 6 nitrogen and oxygen atoms in total. The van der Waals surface area contributed by atoms with Crippen molar-refractivity contribution in [3.63, 3.8) is 0 Å². The minimum atomic E-state index is -0.0574. The van der Waals surface area contributed by atoms with E-state index in [9.17, 15) is 4.79 Å². The second-order valence-corrected chi connectivity index (χ2v) is 5.97. The molecule has 1 amide bonds. The van der Waals surface area contributed by atoms with Crippen molar-refractivity contribution in [3.05, 3.63) is 41.0 Å². The maximum absolute atomic E-state index is 12.7. The molecule has 2 aromatic heterocycles. The Labute approximate surface area is 135 Å². The lowest BCUT2D eigenvalue weighted by molar-refractivity contribution is 0.0524. The molecule has 3 rings (SSSR count). The highest BCUT2D eigenvalue weighted by Gasteiger charge is 2.27. The summed E-state index contributed by atoms with van der Waals surface area (Å²) in [6, 6.07) is 5.48. The van der Waals surface area contributed by atoms with Gasteiger partial charge in [-0.25, -0.2) is 0 Å². The predicted molar refractivity (Wildman–Crippen MR) is 84.5 cm³/mol. The Morgan fingerprint density at radius 1 is 1.30 bits per heavy atom. The van der Waals surface area contributed by atoms with Gasteiger partial charge >= 0.3 is 0 Å². The van der Waals surface area contributed by atoms with Crippen molar-refractivity contribution >= 4 is 5.91 Å². The van der Waals surface area contributed by atoms with E-state index in [2.05, 4.69) is 10.2 Å². The highest BCUT2D eigenvalue weighted by Crippen LogP contribution is 2.21. The molecular formula is C17H21N3O3. The minimum Gasteiger partial charge on any atom is -0.471 e. The zero-order chi connectivity index (χ0) is 16.4. The van der Waals surface area contributed by atoms with Crippen LogP contribution in [0.2, 0.25) is 0 Å². The third kappa shape index (κ3) is 3.52. The fraction of sp³-hybridized carbons (Fsp3) is 0.471. The van der Waals surface area contributed by atoms with Crippen LogP contribution in [0.3, 0.4) is 0 Å². The lowest BCUT2D eigenvalue weighted by Crippen LogP contribution is -2.44. The van der Waals surface area contributed by atoms with E-state index in [4.69, 9.17) is 9.15 Å². The fourth-order valence-corrected chi connectivity index (χ4v) is 2.85. The standard InChI is InChI=1S/C17H21N3O3/c1-11-6-7-16(19-18-11)23-14-5-4-8-20(10-14)17(21)15-9-12(2)22-13(15)3/h6-7,9,14H,4-5,8,10H2,1-3H3. The molecule has 0 saturated carbocycles. The molecule has 1 saturated heterocycles. The second kappa shape index (κ2) is 6.40. The van der Waals surface area contributed by atoms with Crippen LogP contribution in [0, 0.1) is 20.8 Å². The summed E-state index contributed by atoms with van der Waals surface area (Å²) >= 11 is 0. The van der Waals surface area contributed by atoms with Crippen molar-refractivity contribution in [1.29, 1.82) is 0 Å². The molecule has 2 aromatic rings. The Kier molecular flexibility index (Phi) is 4.32. The molecule has 0 aliphatic carbocycles. The molecule has 122 valence electrons. The molecule has 1 aliphatic heterocycles. The highest BCUT2D eigenvalue weighted by atomic mass is 16.5. The number of piperidine rings is 1. The average Bonchev–Trinajstić information content (AvgIpc) is 2.88. The van der Waals surface area contributed by atoms with E-state index in [1.807, 2.05) is 37.8 Å². The average molecular weight is 315 g/mol. The van der Waals surface area contributed by atoms with Crippen LogP contribution in [0.5, 0.6) is 5.88 Å². The van der Waals surface area contributed by atoms with Crippen molar-refractivity contribution in [2.75, 3.05) is 13.1 Å². The van der Waals surface area contributed by atoms with Gasteiger partial charge in [-0.2, -0.15) is 5.10 Å². The van der Waals surface area contributed by atoms with E-state index in [-0.39, 0.29) is 12.0 Å². The van der Waals surface area contributed by atoms with Crippen LogP contribution in [0.15, 0.2) is 22.6 Å². The van der Waals surface area contributed by atoms with Crippen LogP contribution < -0.4 is 4.74 Å². The number of carbonyl (C=O) groups excluding carboxylic acids is 1. The molecule has 0 spiro atoms. The molecule has 1 aliphatic rings. The lowest BCUT2D eigenvalue weighted by atomic mass is 10.1. The Balaban J connectivity index is 1.67. The van der Waals surface area contributed by atoms with Gasteiger partial charge in [0.25, 0.3) is 5.91 Å². The first kappa shape index (κ1) is 15.5. The van der Waals surface area contributed by atoms with Crippen molar-refractivity contribution in [1.82, 2.24) is 15.1 Å². The summed E-state index contributed by atoms with van der Waals surface area (Å²) in [7, 11) is 0. The van der Waals surface area contributed by atoms with E-state index in [0.717, 1.165) is 30.8 Å². The van der Waals surface area contributed by atoms with Crippen LogP contribution in [-0.4, -0.2) is 40.2 Å². The zero-order valence-electron chi connectivity index (χ0n) is 13.7. The molecule has 23 heavy (non-hydrogen) atoms. The molecular weight excluding hydrogens is 294 g/mol. The second-order valence-electron chi connectivity index (χ2n) is 5.97. The third-order valence-corrected chi connectivity index (χ3v) is 4.00. The maximum Gasteiger partial charge on any atom is 0.257 e. The summed E-state index contributed by atoms with van der Waals surface area (Å²) in [4.78, 5) is 14.5. The molecule has 0 N–H and O–H groups in total. The highest BCUT2D eigenvalue weighted by molar-refractivity contribution is 5.95. The van der Waals surface area contributed by atoms with E-state index >= 15 is 0 Å². The van der Waals surface area contributed by atoms with Crippen LogP contribution in [0.4, 0.5) is 0 Å². The molecule has 6 heteroatoms.